The number of halogens is 1. The Balaban J connectivity index is 0.000000523. The number of H-pyrrole nitrogens is 1. The van der Waals surface area contributed by atoms with Gasteiger partial charge in [0.2, 0.25) is 5.90 Å². The van der Waals surface area contributed by atoms with Gasteiger partial charge in [-0.25, -0.2) is 28.7 Å². The minimum Gasteiger partial charge on any atom is -0.471 e. The maximum atomic E-state index is 8.49. The topological polar surface area (TPSA) is 160 Å². The number of anilines is 1. The number of aromatic amines is 1. The van der Waals surface area contributed by atoms with Crippen molar-refractivity contribution in [1.82, 2.24) is 5.10 Å². The van der Waals surface area contributed by atoms with Gasteiger partial charge < -0.3 is 4.74 Å². The van der Waals surface area contributed by atoms with Crippen LogP contribution in [0.2, 0.25) is 0 Å². The smallest absolute Gasteiger partial charge is 0.305 e. The van der Waals surface area contributed by atoms with E-state index in [2.05, 4.69) is 53.4 Å². The van der Waals surface area contributed by atoms with Gasteiger partial charge in [-0.1, -0.05) is 48.0 Å². The summed E-state index contributed by atoms with van der Waals surface area (Å²) >= 11 is 1.79. The second-order valence-corrected chi connectivity index (χ2v) is 8.88. The second kappa shape index (κ2) is 10.8. The van der Waals surface area contributed by atoms with Crippen LogP contribution < -0.4 is 29.1 Å². The molecular weight excluding hydrogens is 456 g/mol. The van der Waals surface area contributed by atoms with Crippen LogP contribution in [0.25, 0.3) is 0 Å². The second-order valence-electron chi connectivity index (χ2n) is 7.03. The van der Waals surface area contributed by atoms with Gasteiger partial charge in [-0.2, -0.15) is 4.68 Å². The van der Waals surface area contributed by atoms with E-state index in [1.807, 2.05) is 29.1 Å². The molecule has 1 aromatic heterocycles. The first-order valence-electron chi connectivity index (χ1n) is 9.62. The lowest BCUT2D eigenvalue weighted by Gasteiger charge is -2.17. The summed E-state index contributed by atoms with van der Waals surface area (Å²) in [4.78, 5) is 5.81. The Labute approximate surface area is 191 Å². The summed E-state index contributed by atoms with van der Waals surface area (Å²) in [5.41, 5.74) is 9.61. The number of aromatic nitrogens is 2. The third kappa shape index (κ3) is 7.52. The lowest BCUT2D eigenvalue weighted by Crippen LogP contribution is -2.68. The van der Waals surface area contributed by atoms with Crippen molar-refractivity contribution in [3.05, 3.63) is 77.5 Å². The molecule has 2 aromatic carbocycles. The molecule has 0 radical (unpaired) electrons. The first kappa shape index (κ1) is 24.1. The Morgan fingerprint density at radius 2 is 1.78 bits per heavy atom. The number of aliphatic imine (C=N–C) groups is 1. The molecule has 1 atom stereocenters. The SMILES string of the molecule is Cc1ccc(SCC2CN=C(c3c[nH][n+](Cc4ccccc4)c3N)O2)cc1.[O-][Cl+3]([O-])([O-])[O-]. The fourth-order valence-electron chi connectivity index (χ4n) is 2.98. The highest BCUT2D eigenvalue weighted by atomic mass is 35.7. The summed E-state index contributed by atoms with van der Waals surface area (Å²) < 4.78 is 41.9. The zero-order valence-corrected chi connectivity index (χ0v) is 18.8. The van der Waals surface area contributed by atoms with Gasteiger partial charge in [0.15, 0.2) is 0 Å². The summed E-state index contributed by atoms with van der Waals surface area (Å²) in [7, 11) is -4.94. The lowest BCUT2D eigenvalue weighted by molar-refractivity contribution is -2.00. The van der Waals surface area contributed by atoms with E-state index in [1.54, 1.807) is 11.8 Å². The zero-order chi connectivity index (χ0) is 23.1. The molecule has 1 unspecified atom stereocenters. The molecular formula is C21H23ClN4O5S. The average molecular weight is 479 g/mol. The molecule has 4 rings (SSSR count). The van der Waals surface area contributed by atoms with Gasteiger partial charge in [0.25, 0.3) is 0 Å². The Kier molecular flexibility index (Phi) is 8.13. The van der Waals surface area contributed by atoms with Crippen molar-refractivity contribution < 1.29 is 38.3 Å². The number of nitrogens with zero attached hydrogens (tertiary/aromatic N) is 2. The number of nitrogen functional groups attached to an aromatic ring is 1. The first-order valence-corrected chi connectivity index (χ1v) is 11.8. The normalized spacial score (nSPS) is 15.5. The molecule has 0 spiro atoms. The first-order chi connectivity index (χ1) is 15.2. The Morgan fingerprint density at radius 1 is 1.12 bits per heavy atom. The molecule has 3 N–H and O–H groups in total. The summed E-state index contributed by atoms with van der Waals surface area (Å²) in [5, 5.41) is 3.20. The summed E-state index contributed by atoms with van der Waals surface area (Å²) in [6.45, 7) is 3.45. The van der Waals surface area contributed by atoms with Crippen molar-refractivity contribution in [2.24, 2.45) is 4.99 Å². The molecule has 3 aromatic rings. The number of benzene rings is 2. The molecule has 170 valence electrons. The van der Waals surface area contributed by atoms with Gasteiger partial charge in [0.1, 0.15) is 18.2 Å². The number of aryl methyl sites for hydroxylation is 1. The van der Waals surface area contributed by atoms with Crippen LogP contribution in [-0.2, 0) is 11.3 Å². The predicted molar refractivity (Wildman–Crippen MR) is 109 cm³/mol. The van der Waals surface area contributed by atoms with Crippen molar-refractivity contribution in [2.75, 3.05) is 18.0 Å². The minimum atomic E-state index is -4.94. The largest absolute Gasteiger partial charge is 0.471 e. The zero-order valence-electron chi connectivity index (χ0n) is 17.3. The number of ether oxygens (including phenoxy) is 1. The summed E-state index contributed by atoms with van der Waals surface area (Å²) in [6, 6.07) is 18.8. The summed E-state index contributed by atoms with van der Waals surface area (Å²) in [6.07, 6.45) is 1.94. The fraction of sp³-hybridized carbons (Fsp3) is 0.238. The van der Waals surface area contributed by atoms with Crippen LogP contribution in [-0.4, -0.2) is 29.4 Å². The maximum Gasteiger partial charge on any atom is 0.305 e. The third-order valence-electron chi connectivity index (χ3n) is 4.52. The number of hydrogen-bond donors (Lipinski definition) is 2. The van der Waals surface area contributed by atoms with Crippen LogP contribution in [0.1, 0.15) is 16.7 Å². The Hall–Kier alpha value is -2.60. The van der Waals surface area contributed by atoms with E-state index in [-0.39, 0.29) is 6.10 Å². The number of nitrogens with two attached hydrogens (primary N) is 1. The van der Waals surface area contributed by atoms with E-state index in [0.29, 0.717) is 24.8 Å². The van der Waals surface area contributed by atoms with Gasteiger partial charge in [0.05, 0.1) is 12.7 Å². The highest BCUT2D eigenvalue weighted by Crippen LogP contribution is 2.23. The van der Waals surface area contributed by atoms with Gasteiger partial charge in [0, 0.05) is 10.6 Å². The van der Waals surface area contributed by atoms with Crippen LogP contribution in [0.15, 0.2) is 70.7 Å². The van der Waals surface area contributed by atoms with Crippen molar-refractivity contribution in [1.29, 1.82) is 0 Å². The molecule has 1 aliphatic rings. The molecule has 0 aliphatic carbocycles. The molecule has 0 amide bonds. The highest BCUT2D eigenvalue weighted by molar-refractivity contribution is 7.99. The quantitative estimate of drug-likeness (QED) is 0.319. The van der Waals surface area contributed by atoms with Crippen LogP contribution in [0.3, 0.4) is 0 Å². The molecule has 9 nitrogen and oxygen atoms in total. The van der Waals surface area contributed by atoms with Crippen molar-refractivity contribution in [3.63, 3.8) is 0 Å². The van der Waals surface area contributed by atoms with Gasteiger partial charge in [-0.15, -0.1) is 22.0 Å². The van der Waals surface area contributed by atoms with E-state index in [4.69, 9.17) is 29.1 Å². The van der Waals surface area contributed by atoms with Crippen LogP contribution >= 0.6 is 11.8 Å². The van der Waals surface area contributed by atoms with E-state index in [0.717, 1.165) is 11.3 Å². The number of thioether (sulfide) groups is 1. The Bertz CT molecular complexity index is 1030. The van der Waals surface area contributed by atoms with Crippen molar-refractivity contribution in [2.45, 2.75) is 24.5 Å². The number of hydrogen-bond acceptors (Lipinski definition) is 8. The fourth-order valence-corrected chi connectivity index (χ4v) is 3.86. The molecule has 0 saturated heterocycles. The van der Waals surface area contributed by atoms with Crippen molar-refractivity contribution >= 4 is 23.5 Å². The lowest BCUT2D eigenvalue weighted by atomic mass is 10.2. The van der Waals surface area contributed by atoms with E-state index in [9.17, 15) is 0 Å². The maximum absolute atomic E-state index is 8.49. The molecule has 11 heteroatoms. The van der Waals surface area contributed by atoms with E-state index >= 15 is 0 Å². The molecule has 1 aliphatic heterocycles. The van der Waals surface area contributed by atoms with E-state index < -0.39 is 10.2 Å². The minimum absolute atomic E-state index is 0.0724. The Morgan fingerprint density at radius 3 is 2.44 bits per heavy atom. The third-order valence-corrected chi connectivity index (χ3v) is 5.66. The van der Waals surface area contributed by atoms with Crippen LogP contribution in [0.4, 0.5) is 5.82 Å². The number of nitrogens with one attached hydrogen (secondary N) is 1. The summed E-state index contributed by atoms with van der Waals surface area (Å²) in [5.74, 6) is 2.14. The molecule has 0 fully saturated rings. The van der Waals surface area contributed by atoms with Gasteiger partial charge in [-0.05, 0) is 24.6 Å². The molecule has 0 saturated carbocycles. The van der Waals surface area contributed by atoms with Crippen LogP contribution in [0, 0.1) is 17.2 Å². The average Bonchev–Trinajstić information content (AvgIpc) is 3.34. The van der Waals surface area contributed by atoms with Crippen LogP contribution in [0.5, 0.6) is 0 Å². The van der Waals surface area contributed by atoms with Crippen molar-refractivity contribution in [3.8, 4) is 0 Å². The predicted octanol–water partition coefficient (Wildman–Crippen LogP) is -1.58. The van der Waals surface area contributed by atoms with Gasteiger partial charge in [-0.3, -0.25) is 5.73 Å². The monoisotopic (exact) mass is 478 g/mol. The van der Waals surface area contributed by atoms with E-state index in [1.165, 1.54) is 16.0 Å². The molecule has 32 heavy (non-hydrogen) atoms. The molecule has 2 heterocycles. The van der Waals surface area contributed by atoms with Gasteiger partial charge >= 0.3 is 5.82 Å². The highest BCUT2D eigenvalue weighted by Gasteiger charge is 2.27. The number of rotatable bonds is 6. The molecule has 0 bridgehead atoms. The standard InChI is InChI=1S/C21H22N4OS.ClHO4/c1-15-7-9-18(10-8-15)27-14-17-11-23-21(26-17)19-12-24-25(20(19)22)13-16-5-3-2-4-6-16;2-1(3,4)5/h2-10,12,17H,11,13-14H2,1H3,(H2,22,23,24);(H,2,3,4,5).